The number of nitrogens with zero attached hydrogens (tertiary/aromatic N) is 1. The van der Waals surface area contributed by atoms with Gasteiger partial charge in [-0.1, -0.05) is 11.6 Å². The molecule has 10 heteroatoms. The Labute approximate surface area is 136 Å². The van der Waals surface area contributed by atoms with Gasteiger partial charge in [0, 0.05) is 10.6 Å². The molecule has 9 nitrogen and oxygen atoms in total. The number of urea groups is 1. The highest BCUT2D eigenvalue weighted by molar-refractivity contribution is 6.30. The van der Waals surface area contributed by atoms with Crippen LogP contribution in [0.2, 0.25) is 5.02 Å². The number of ether oxygens (including phenoxy) is 1. The molecule has 2 rings (SSSR count). The third-order valence-electron chi connectivity index (χ3n) is 3.18. The molecule has 0 aromatic heterocycles. The smallest absolute Gasteiger partial charge is 0.337 e. The Morgan fingerprint density at radius 1 is 1.39 bits per heavy atom. The van der Waals surface area contributed by atoms with Crippen LogP contribution >= 0.6 is 11.6 Å². The van der Waals surface area contributed by atoms with Crippen LogP contribution < -0.4 is 10.7 Å². The number of carbonyl (C=O) groups excluding carboxylic acids is 1. The molecule has 0 radical (unpaired) electrons. The van der Waals surface area contributed by atoms with Crippen LogP contribution in [0.1, 0.15) is 5.56 Å². The van der Waals surface area contributed by atoms with Gasteiger partial charge in [-0.15, -0.1) is 0 Å². The van der Waals surface area contributed by atoms with Gasteiger partial charge in [0.05, 0.1) is 12.8 Å². The Morgan fingerprint density at radius 2 is 2.13 bits per heavy atom. The third-order valence-corrected chi connectivity index (χ3v) is 3.41. The topological polar surface area (TPSA) is 144 Å². The SMILES string of the molecule is O=C(N/N=C/c1cc(Cl)ccc1O)N[C@@H]1O[C@H](CO)[C@@H](O)[C@H]1O. The molecule has 126 valence electrons. The fourth-order valence-corrected chi connectivity index (χ4v) is 2.15. The number of carbonyl (C=O) groups is 1. The molecule has 1 aliphatic heterocycles. The summed E-state index contributed by atoms with van der Waals surface area (Å²) in [4.78, 5) is 11.6. The Kier molecular flexibility index (Phi) is 5.74. The summed E-state index contributed by atoms with van der Waals surface area (Å²) in [5.41, 5.74) is 2.40. The van der Waals surface area contributed by atoms with Crippen molar-refractivity contribution in [1.82, 2.24) is 10.7 Å². The van der Waals surface area contributed by atoms with E-state index in [4.69, 9.17) is 21.4 Å². The minimum Gasteiger partial charge on any atom is -0.507 e. The van der Waals surface area contributed by atoms with Crippen LogP contribution in [0.3, 0.4) is 0 Å². The van der Waals surface area contributed by atoms with E-state index in [-0.39, 0.29) is 5.75 Å². The number of halogens is 1. The van der Waals surface area contributed by atoms with E-state index in [1.807, 2.05) is 0 Å². The number of hydrazone groups is 1. The zero-order valence-electron chi connectivity index (χ0n) is 11.8. The maximum Gasteiger partial charge on any atom is 0.337 e. The first-order chi connectivity index (χ1) is 10.9. The van der Waals surface area contributed by atoms with E-state index in [2.05, 4.69) is 15.8 Å². The van der Waals surface area contributed by atoms with Crippen molar-refractivity contribution >= 4 is 23.8 Å². The number of benzene rings is 1. The number of phenols is 1. The maximum atomic E-state index is 11.6. The monoisotopic (exact) mass is 345 g/mol. The van der Waals surface area contributed by atoms with Crippen LogP contribution in [0.5, 0.6) is 5.75 Å². The van der Waals surface area contributed by atoms with Crippen molar-refractivity contribution in [2.45, 2.75) is 24.5 Å². The number of amides is 2. The van der Waals surface area contributed by atoms with Gasteiger partial charge in [-0.3, -0.25) is 0 Å². The van der Waals surface area contributed by atoms with E-state index in [1.165, 1.54) is 24.4 Å². The number of aliphatic hydroxyl groups excluding tert-OH is 3. The molecule has 0 bridgehead atoms. The molecule has 23 heavy (non-hydrogen) atoms. The molecule has 1 aliphatic rings. The molecule has 0 aliphatic carbocycles. The predicted octanol–water partition coefficient (Wildman–Crippen LogP) is -0.882. The number of hydrogen-bond donors (Lipinski definition) is 6. The van der Waals surface area contributed by atoms with Gasteiger partial charge < -0.3 is 30.5 Å². The summed E-state index contributed by atoms with van der Waals surface area (Å²) in [5, 5.41) is 44.0. The third kappa shape index (κ3) is 4.30. The molecule has 1 aromatic carbocycles. The van der Waals surface area contributed by atoms with Crippen molar-refractivity contribution in [3.05, 3.63) is 28.8 Å². The molecule has 0 unspecified atom stereocenters. The fraction of sp³-hybridized carbons (Fsp3) is 0.385. The first kappa shape index (κ1) is 17.4. The number of phenolic OH excluding ortho intramolecular Hbond substituents is 1. The Balaban J connectivity index is 1.88. The number of nitrogens with one attached hydrogen (secondary N) is 2. The van der Waals surface area contributed by atoms with Crippen LogP contribution in [-0.4, -0.2) is 63.8 Å². The summed E-state index contributed by atoms with van der Waals surface area (Å²) in [6.07, 6.45) is -3.67. The molecule has 1 fully saturated rings. The molecule has 1 aromatic rings. The summed E-state index contributed by atoms with van der Waals surface area (Å²) in [5.74, 6) is -0.0659. The van der Waals surface area contributed by atoms with Crippen LogP contribution in [-0.2, 0) is 4.74 Å². The summed E-state index contributed by atoms with van der Waals surface area (Å²) in [6, 6.07) is 3.52. The van der Waals surface area contributed by atoms with E-state index in [0.717, 1.165) is 0 Å². The lowest BCUT2D eigenvalue weighted by Crippen LogP contribution is -2.46. The number of aliphatic hydroxyl groups is 3. The van der Waals surface area contributed by atoms with E-state index < -0.39 is 37.2 Å². The van der Waals surface area contributed by atoms with E-state index >= 15 is 0 Å². The Bertz CT molecular complexity index is 599. The predicted molar refractivity (Wildman–Crippen MR) is 80.1 cm³/mol. The summed E-state index contributed by atoms with van der Waals surface area (Å²) >= 11 is 5.77. The Morgan fingerprint density at radius 3 is 2.78 bits per heavy atom. The standard InChI is InChI=1S/C13H16ClN3O6/c14-7-1-2-8(19)6(3-7)4-15-17-13(22)16-12-11(21)10(20)9(5-18)23-12/h1-4,9-12,18-21H,5H2,(H2,16,17,22)/b15-4+/t9-,10-,11-,12-/m1/s1. The lowest BCUT2D eigenvalue weighted by atomic mass is 10.1. The van der Waals surface area contributed by atoms with Crippen molar-refractivity contribution in [3.63, 3.8) is 0 Å². The zero-order valence-corrected chi connectivity index (χ0v) is 12.5. The van der Waals surface area contributed by atoms with Gasteiger partial charge in [0.1, 0.15) is 24.1 Å². The lowest BCUT2D eigenvalue weighted by Gasteiger charge is -2.15. The molecule has 0 saturated carbocycles. The normalized spacial score (nSPS) is 27.3. The number of aromatic hydroxyl groups is 1. The van der Waals surface area contributed by atoms with Gasteiger partial charge in [-0.25, -0.2) is 10.2 Å². The molecule has 1 saturated heterocycles. The summed E-state index contributed by atoms with van der Waals surface area (Å²) < 4.78 is 5.07. The molecule has 2 amide bonds. The highest BCUT2D eigenvalue weighted by Crippen LogP contribution is 2.20. The maximum absolute atomic E-state index is 11.6. The fourth-order valence-electron chi connectivity index (χ4n) is 1.97. The van der Waals surface area contributed by atoms with Crippen LogP contribution in [0, 0.1) is 0 Å². The van der Waals surface area contributed by atoms with Gasteiger partial charge in [0.15, 0.2) is 6.23 Å². The van der Waals surface area contributed by atoms with Crippen molar-refractivity contribution in [3.8, 4) is 5.75 Å². The molecule has 6 N–H and O–H groups in total. The van der Waals surface area contributed by atoms with Gasteiger partial charge in [-0.2, -0.15) is 5.10 Å². The van der Waals surface area contributed by atoms with Gasteiger partial charge in [0.25, 0.3) is 0 Å². The molecule has 4 atom stereocenters. The van der Waals surface area contributed by atoms with Crippen LogP contribution in [0.4, 0.5) is 4.79 Å². The summed E-state index contributed by atoms with van der Waals surface area (Å²) in [7, 11) is 0. The second-order valence-corrected chi connectivity index (χ2v) is 5.24. The second kappa shape index (κ2) is 7.57. The minimum atomic E-state index is -1.38. The highest BCUT2D eigenvalue weighted by atomic mass is 35.5. The van der Waals surface area contributed by atoms with Crippen LogP contribution in [0.25, 0.3) is 0 Å². The molecular weight excluding hydrogens is 330 g/mol. The molecular formula is C13H16ClN3O6. The average molecular weight is 346 g/mol. The minimum absolute atomic E-state index is 0.0659. The molecule has 0 spiro atoms. The highest BCUT2D eigenvalue weighted by Gasteiger charge is 2.43. The van der Waals surface area contributed by atoms with Crippen molar-refractivity contribution < 1.29 is 30.0 Å². The quantitative estimate of drug-likeness (QED) is 0.309. The van der Waals surface area contributed by atoms with Gasteiger partial charge in [-0.05, 0) is 18.2 Å². The zero-order chi connectivity index (χ0) is 17.0. The van der Waals surface area contributed by atoms with E-state index in [1.54, 1.807) is 0 Å². The number of hydrogen-bond acceptors (Lipinski definition) is 7. The summed E-state index contributed by atoms with van der Waals surface area (Å²) in [6.45, 7) is -0.496. The van der Waals surface area contributed by atoms with Crippen molar-refractivity contribution in [1.29, 1.82) is 0 Å². The van der Waals surface area contributed by atoms with Gasteiger partial charge in [0.2, 0.25) is 0 Å². The van der Waals surface area contributed by atoms with E-state index in [0.29, 0.717) is 10.6 Å². The molecule has 1 heterocycles. The van der Waals surface area contributed by atoms with Crippen molar-refractivity contribution in [2.75, 3.05) is 6.61 Å². The first-order valence-corrected chi connectivity index (χ1v) is 7.00. The van der Waals surface area contributed by atoms with Crippen LogP contribution in [0.15, 0.2) is 23.3 Å². The number of rotatable bonds is 4. The van der Waals surface area contributed by atoms with Crippen molar-refractivity contribution in [2.24, 2.45) is 5.10 Å². The largest absolute Gasteiger partial charge is 0.507 e. The second-order valence-electron chi connectivity index (χ2n) is 4.81. The van der Waals surface area contributed by atoms with E-state index in [9.17, 15) is 20.1 Å². The Hall–Kier alpha value is -1.91. The average Bonchev–Trinajstić information content (AvgIpc) is 2.78. The first-order valence-electron chi connectivity index (χ1n) is 6.63. The lowest BCUT2D eigenvalue weighted by molar-refractivity contribution is -0.0284. The van der Waals surface area contributed by atoms with Gasteiger partial charge >= 0.3 is 6.03 Å².